The second-order valence-corrected chi connectivity index (χ2v) is 6.45. The fraction of sp³-hybridized carbons (Fsp3) is 0.647. The zero-order valence-electron chi connectivity index (χ0n) is 12.4. The van der Waals surface area contributed by atoms with Crippen LogP contribution in [0.25, 0.3) is 0 Å². The van der Waals surface area contributed by atoms with Crippen molar-refractivity contribution in [2.75, 3.05) is 0 Å². The molecule has 2 heteroatoms. The molecule has 0 radical (unpaired) electrons. The number of hydrogen-bond donors (Lipinski definition) is 2. The molecule has 1 unspecified atom stereocenters. The van der Waals surface area contributed by atoms with E-state index in [4.69, 9.17) is 5.84 Å². The normalized spacial score (nSPS) is 18.1. The summed E-state index contributed by atoms with van der Waals surface area (Å²) in [6.07, 6.45) is 7.88. The summed E-state index contributed by atoms with van der Waals surface area (Å²) in [5, 5.41) is 0. The van der Waals surface area contributed by atoms with Crippen LogP contribution in [-0.2, 0) is 6.42 Å². The third-order valence-corrected chi connectivity index (χ3v) is 4.24. The van der Waals surface area contributed by atoms with Gasteiger partial charge < -0.3 is 0 Å². The summed E-state index contributed by atoms with van der Waals surface area (Å²) >= 11 is 0. The number of rotatable bonds is 6. The molecule has 1 aromatic rings. The molecule has 0 heterocycles. The summed E-state index contributed by atoms with van der Waals surface area (Å²) in [7, 11) is 0. The zero-order chi connectivity index (χ0) is 13.7. The van der Waals surface area contributed by atoms with Crippen molar-refractivity contribution in [3.8, 4) is 0 Å². The number of hydrogen-bond acceptors (Lipinski definition) is 2. The summed E-state index contributed by atoms with van der Waals surface area (Å²) in [5.74, 6) is 7.34. The molecule has 1 aromatic carbocycles. The van der Waals surface area contributed by atoms with E-state index in [2.05, 4.69) is 43.5 Å². The fourth-order valence-electron chi connectivity index (χ4n) is 3.29. The van der Waals surface area contributed by atoms with Gasteiger partial charge >= 0.3 is 0 Å². The number of nitrogens with one attached hydrogen (secondary N) is 1. The smallest absolute Gasteiger partial charge is 0.0462 e. The minimum Gasteiger partial charge on any atom is -0.271 e. The molecule has 1 aliphatic carbocycles. The molecule has 0 saturated heterocycles. The molecule has 2 nitrogen and oxygen atoms in total. The van der Waals surface area contributed by atoms with E-state index in [0.717, 1.165) is 12.3 Å². The summed E-state index contributed by atoms with van der Waals surface area (Å²) in [6.45, 7) is 4.54. The minimum absolute atomic E-state index is 0.315. The molecule has 0 bridgehead atoms. The predicted molar refractivity (Wildman–Crippen MR) is 81.6 cm³/mol. The highest BCUT2D eigenvalue weighted by atomic mass is 15.2. The lowest BCUT2D eigenvalue weighted by Crippen LogP contribution is -2.29. The Labute approximate surface area is 117 Å². The van der Waals surface area contributed by atoms with Crippen molar-refractivity contribution in [1.29, 1.82) is 0 Å². The highest BCUT2D eigenvalue weighted by Crippen LogP contribution is 2.33. The third kappa shape index (κ3) is 4.32. The van der Waals surface area contributed by atoms with E-state index in [1.165, 1.54) is 43.2 Å². The van der Waals surface area contributed by atoms with Crippen LogP contribution in [0.5, 0.6) is 0 Å². The lowest BCUT2D eigenvalue weighted by molar-refractivity contribution is 0.400. The SMILES string of the molecule is CC(C)Cc1cccc(C(CC2CCCC2)NN)c1. The Hall–Kier alpha value is -0.860. The van der Waals surface area contributed by atoms with E-state index in [1.54, 1.807) is 0 Å². The molecule has 0 aromatic heterocycles. The minimum atomic E-state index is 0.315. The van der Waals surface area contributed by atoms with E-state index >= 15 is 0 Å². The molecule has 0 amide bonds. The summed E-state index contributed by atoms with van der Waals surface area (Å²) in [5.41, 5.74) is 5.81. The predicted octanol–water partition coefficient (Wildman–Crippen LogP) is 3.97. The topological polar surface area (TPSA) is 38.0 Å². The fourth-order valence-corrected chi connectivity index (χ4v) is 3.29. The Morgan fingerprint density at radius 1 is 1.26 bits per heavy atom. The Morgan fingerprint density at radius 2 is 2.00 bits per heavy atom. The summed E-state index contributed by atoms with van der Waals surface area (Å²) in [4.78, 5) is 0. The maximum absolute atomic E-state index is 5.78. The van der Waals surface area contributed by atoms with Gasteiger partial charge in [-0.05, 0) is 35.8 Å². The largest absolute Gasteiger partial charge is 0.271 e. The van der Waals surface area contributed by atoms with Gasteiger partial charge in [-0.3, -0.25) is 11.3 Å². The van der Waals surface area contributed by atoms with E-state index in [9.17, 15) is 0 Å². The lowest BCUT2D eigenvalue weighted by Gasteiger charge is -2.21. The molecule has 1 saturated carbocycles. The van der Waals surface area contributed by atoms with Crippen LogP contribution < -0.4 is 11.3 Å². The van der Waals surface area contributed by atoms with Crippen molar-refractivity contribution in [2.45, 2.75) is 58.4 Å². The Bertz CT molecular complexity index is 381. The quantitative estimate of drug-likeness (QED) is 0.600. The molecule has 0 spiro atoms. The average molecular weight is 260 g/mol. The molecule has 1 aliphatic rings. The number of hydrazine groups is 1. The molecule has 1 fully saturated rings. The standard InChI is InChI=1S/C17H28N2/c1-13(2)10-15-8-5-9-16(11-15)17(19-18)12-14-6-3-4-7-14/h5,8-9,11,13-14,17,19H,3-4,6-7,10,12,18H2,1-2H3. The summed E-state index contributed by atoms with van der Waals surface area (Å²) in [6, 6.07) is 9.26. The van der Waals surface area contributed by atoms with E-state index in [0.29, 0.717) is 12.0 Å². The molecular formula is C17H28N2. The van der Waals surface area contributed by atoms with Crippen LogP contribution in [0, 0.1) is 11.8 Å². The molecule has 106 valence electrons. The van der Waals surface area contributed by atoms with Crippen LogP contribution in [0.3, 0.4) is 0 Å². The van der Waals surface area contributed by atoms with Gasteiger partial charge in [-0.2, -0.15) is 0 Å². The summed E-state index contributed by atoms with van der Waals surface area (Å²) < 4.78 is 0. The third-order valence-electron chi connectivity index (χ3n) is 4.24. The molecule has 19 heavy (non-hydrogen) atoms. The van der Waals surface area contributed by atoms with Gasteiger partial charge in [0, 0.05) is 6.04 Å². The van der Waals surface area contributed by atoms with Crippen LogP contribution in [0.2, 0.25) is 0 Å². The molecule has 2 rings (SSSR count). The first-order valence-electron chi connectivity index (χ1n) is 7.74. The van der Waals surface area contributed by atoms with Crippen LogP contribution in [0.4, 0.5) is 0 Å². The van der Waals surface area contributed by atoms with Gasteiger partial charge in [0.15, 0.2) is 0 Å². The van der Waals surface area contributed by atoms with Gasteiger partial charge in [-0.1, -0.05) is 63.8 Å². The second-order valence-electron chi connectivity index (χ2n) is 6.45. The maximum atomic E-state index is 5.78. The maximum Gasteiger partial charge on any atom is 0.0462 e. The van der Waals surface area contributed by atoms with Gasteiger partial charge in [0.25, 0.3) is 0 Å². The number of nitrogens with two attached hydrogens (primary N) is 1. The molecular weight excluding hydrogens is 232 g/mol. The van der Waals surface area contributed by atoms with Gasteiger partial charge in [0.2, 0.25) is 0 Å². The van der Waals surface area contributed by atoms with Crippen LogP contribution >= 0.6 is 0 Å². The van der Waals surface area contributed by atoms with Crippen molar-refractivity contribution in [1.82, 2.24) is 5.43 Å². The average Bonchev–Trinajstić information content (AvgIpc) is 2.88. The molecule has 0 aliphatic heterocycles. The van der Waals surface area contributed by atoms with Crippen molar-refractivity contribution >= 4 is 0 Å². The second kappa shape index (κ2) is 7.06. The number of benzene rings is 1. The van der Waals surface area contributed by atoms with Crippen molar-refractivity contribution in [2.24, 2.45) is 17.7 Å². The zero-order valence-corrected chi connectivity index (χ0v) is 12.4. The van der Waals surface area contributed by atoms with Crippen LogP contribution in [-0.4, -0.2) is 0 Å². The highest BCUT2D eigenvalue weighted by molar-refractivity contribution is 5.26. The van der Waals surface area contributed by atoms with Crippen LogP contribution in [0.1, 0.15) is 63.1 Å². The lowest BCUT2D eigenvalue weighted by atomic mass is 9.92. The Morgan fingerprint density at radius 3 is 2.63 bits per heavy atom. The van der Waals surface area contributed by atoms with E-state index in [1.807, 2.05) is 0 Å². The van der Waals surface area contributed by atoms with Gasteiger partial charge in [0.1, 0.15) is 0 Å². The van der Waals surface area contributed by atoms with Crippen molar-refractivity contribution < 1.29 is 0 Å². The Balaban J connectivity index is 2.04. The first kappa shape index (κ1) is 14.5. The van der Waals surface area contributed by atoms with Gasteiger partial charge in [-0.25, -0.2) is 0 Å². The van der Waals surface area contributed by atoms with Crippen LogP contribution in [0.15, 0.2) is 24.3 Å². The molecule has 1 atom stereocenters. The van der Waals surface area contributed by atoms with E-state index < -0.39 is 0 Å². The van der Waals surface area contributed by atoms with Gasteiger partial charge in [-0.15, -0.1) is 0 Å². The van der Waals surface area contributed by atoms with Crippen molar-refractivity contribution in [3.05, 3.63) is 35.4 Å². The molecule has 3 N–H and O–H groups in total. The monoisotopic (exact) mass is 260 g/mol. The van der Waals surface area contributed by atoms with E-state index in [-0.39, 0.29) is 0 Å². The first-order chi connectivity index (χ1) is 9.19. The highest BCUT2D eigenvalue weighted by Gasteiger charge is 2.20. The Kier molecular flexibility index (Phi) is 5.41. The van der Waals surface area contributed by atoms with Gasteiger partial charge in [0.05, 0.1) is 0 Å². The van der Waals surface area contributed by atoms with Crippen molar-refractivity contribution in [3.63, 3.8) is 0 Å². The first-order valence-corrected chi connectivity index (χ1v) is 7.74.